The van der Waals surface area contributed by atoms with Gasteiger partial charge in [-0.05, 0) is 47.9 Å². The van der Waals surface area contributed by atoms with Crippen molar-refractivity contribution < 1.29 is 74.1 Å². The first kappa shape index (κ1) is 36.3. The van der Waals surface area contributed by atoms with Crippen LogP contribution in [0.25, 0.3) is 6.08 Å². The van der Waals surface area contributed by atoms with Crippen LogP contribution in [0.2, 0.25) is 0 Å². The Morgan fingerprint density at radius 2 is 1.23 bits per heavy atom. The van der Waals surface area contributed by atoms with E-state index in [1.165, 1.54) is 26.4 Å². The molecular weight excluding hydrogens is 626 g/mol. The van der Waals surface area contributed by atoms with E-state index in [9.17, 15) is 45.6 Å². The van der Waals surface area contributed by atoms with Crippen LogP contribution in [-0.4, -0.2) is 142 Å². The third-order valence-electron chi connectivity index (χ3n) is 7.74. The molecule has 2 saturated heterocycles. The number of hydrogen-bond acceptors (Lipinski definition) is 15. The number of carbonyl (C=O) groups is 1. The van der Waals surface area contributed by atoms with Gasteiger partial charge in [0, 0.05) is 12.6 Å². The summed E-state index contributed by atoms with van der Waals surface area (Å²) in [6, 6.07) is 9.64. The number of nitrogens with one attached hydrogen (secondary N) is 1. The fraction of sp³-hybridized carbons (Fsp3) is 0.516. The highest BCUT2D eigenvalue weighted by Gasteiger charge is 2.46. The zero-order valence-electron chi connectivity index (χ0n) is 25.7. The van der Waals surface area contributed by atoms with Crippen molar-refractivity contribution in [3.8, 4) is 23.0 Å². The molecule has 260 valence electrons. The maximum Gasteiger partial charge on any atom is 0.244 e. The van der Waals surface area contributed by atoms with Gasteiger partial charge in [-0.1, -0.05) is 12.1 Å². The van der Waals surface area contributed by atoms with Gasteiger partial charge in [0.2, 0.25) is 18.5 Å². The molecule has 2 aromatic rings. The molecule has 0 spiro atoms. The highest BCUT2D eigenvalue weighted by Crippen LogP contribution is 2.33. The molecule has 0 aliphatic carbocycles. The summed E-state index contributed by atoms with van der Waals surface area (Å²) in [4.78, 5) is 12.5. The summed E-state index contributed by atoms with van der Waals surface area (Å²) >= 11 is 0. The number of aliphatic hydroxyl groups excluding tert-OH is 8. The molecule has 16 heteroatoms. The van der Waals surface area contributed by atoms with Crippen molar-refractivity contribution in [3.63, 3.8) is 0 Å². The van der Waals surface area contributed by atoms with E-state index in [0.29, 0.717) is 17.7 Å². The minimum absolute atomic E-state index is 0.151. The quantitative estimate of drug-likeness (QED) is 0.0997. The van der Waals surface area contributed by atoms with Gasteiger partial charge in [-0.15, -0.1) is 0 Å². The lowest BCUT2D eigenvalue weighted by Gasteiger charge is -2.39. The molecule has 1 amide bonds. The van der Waals surface area contributed by atoms with Gasteiger partial charge in [-0.25, -0.2) is 0 Å². The third kappa shape index (κ3) is 8.68. The summed E-state index contributed by atoms with van der Waals surface area (Å²) < 4.78 is 32.8. The SMILES string of the molecule is COc1cc(/C=C\C(=O)NCCc2ccc(O[C@@H]3O[C@H](CO)[C@@H](O)[C@H](O)[C@H]3O)c(OC)c2)ccc1O[C@@H]1O[C@H](CO)[C@@H](O)[C@H](O)[C@H]1O. The molecule has 0 aromatic heterocycles. The first-order valence-corrected chi connectivity index (χ1v) is 14.8. The Balaban J connectivity index is 1.30. The van der Waals surface area contributed by atoms with Gasteiger partial charge in [0.25, 0.3) is 0 Å². The van der Waals surface area contributed by atoms with Gasteiger partial charge in [0.1, 0.15) is 48.8 Å². The smallest absolute Gasteiger partial charge is 0.244 e. The van der Waals surface area contributed by atoms with E-state index >= 15 is 0 Å². The maximum absolute atomic E-state index is 12.5. The number of amides is 1. The molecule has 16 nitrogen and oxygen atoms in total. The predicted molar refractivity (Wildman–Crippen MR) is 161 cm³/mol. The molecule has 2 heterocycles. The number of aliphatic hydroxyl groups is 8. The van der Waals surface area contributed by atoms with Crippen molar-refractivity contribution in [2.75, 3.05) is 34.0 Å². The Bertz CT molecular complexity index is 1350. The third-order valence-corrected chi connectivity index (χ3v) is 7.74. The predicted octanol–water partition coefficient (Wildman–Crippen LogP) is -2.57. The van der Waals surface area contributed by atoms with Crippen LogP contribution in [0.3, 0.4) is 0 Å². The van der Waals surface area contributed by atoms with Gasteiger partial charge in [0.05, 0.1) is 27.4 Å². The van der Waals surface area contributed by atoms with Gasteiger partial charge < -0.3 is 74.6 Å². The fourth-order valence-electron chi connectivity index (χ4n) is 4.99. The Morgan fingerprint density at radius 1 is 0.723 bits per heavy atom. The minimum Gasteiger partial charge on any atom is -0.493 e. The number of ether oxygens (including phenoxy) is 6. The summed E-state index contributed by atoms with van der Waals surface area (Å²) in [6.07, 6.45) is -11.1. The van der Waals surface area contributed by atoms with Crippen LogP contribution in [0.15, 0.2) is 42.5 Å². The fourth-order valence-corrected chi connectivity index (χ4v) is 4.99. The maximum atomic E-state index is 12.5. The first-order chi connectivity index (χ1) is 22.5. The Labute approximate surface area is 269 Å². The molecule has 0 bridgehead atoms. The van der Waals surface area contributed by atoms with Crippen LogP contribution in [0.4, 0.5) is 0 Å². The number of hydrogen-bond donors (Lipinski definition) is 9. The molecule has 47 heavy (non-hydrogen) atoms. The van der Waals surface area contributed by atoms with Crippen LogP contribution < -0.4 is 24.3 Å². The Kier molecular flexibility index (Phi) is 12.8. The highest BCUT2D eigenvalue weighted by molar-refractivity contribution is 5.91. The zero-order valence-corrected chi connectivity index (χ0v) is 25.7. The van der Waals surface area contributed by atoms with E-state index in [1.54, 1.807) is 36.4 Å². The van der Waals surface area contributed by atoms with Crippen molar-refractivity contribution in [2.24, 2.45) is 0 Å². The van der Waals surface area contributed by atoms with Gasteiger partial charge >= 0.3 is 0 Å². The molecule has 0 saturated carbocycles. The summed E-state index contributed by atoms with van der Waals surface area (Å²) in [5, 5.41) is 81.9. The van der Waals surface area contributed by atoms with Crippen LogP contribution >= 0.6 is 0 Å². The van der Waals surface area contributed by atoms with Crippen molar-refractivity contribution in [1.82, 2.24) is 5.32 Å². The van der Waals surface area contributed by atoms with E-state index in [2.05, 4.69) is 5.32 Å². The standard InChI is InChI=1S/C31H41NO15/c1-42-19-11-15(3-6-17(19)44-30-28(40)26(38)24(36)21(13-33)46-30)5-8-23(35)32-10-9-16-4-7-18(20(12-16)43-2)45-31-29(41)27(39)25(37)22(14-34)47-31/h3-8,11-12,21-22,24-31,33-34,36-41H,9-10,13-14H2,1-2H3,(H,32,35)/b8-5-/t21-,22-,24-,25-,26+,27+,28-,29-,30-,31-/m1/s1. The average Bonchev–Trinajstić information content (AvgIpc) is 3.08. The van der Waals surface area contributed by atoms with Crippen molar-refractivity contribution in [2.45, 2.75) is 67.8 Å². The van der Waals surface area contributed by atoms with Crippen molar-refractivity contribution in [1.29, 1.82) is 0 Å². The van der Waals surface area contributed by atoms with Crippen LogP contribution in [0.5, 0.6) is 23.0 Å². The minimum atomic E-state index is -1.60. The lowest BCUT2D eigenvalue weighted by atomic mass is 9.99. The van der Waals surface area contributed by atoms with Gasteiger partial charge in [-0.2, -0.15) is 0 Å². The van der Waals surface area contributed by atoms with Gasteiger partial charge in [-0.3, -0.25) is 4.79 Å². The van der Waals surface area contributed by atoms with Crippen LogP contribution in [0, 0.1) is 0 Å². The molecule has 0 unspecified atom stereocenters. The Hall–Kier alpha value is -3.55. The second-order valence-corrected chi connectivity index (χ2v) is 10.9. The van der Waals surface area contributed by atoms with E-state index in [4.69, 9.17) is 28.4 Å². The highest BCUT2D eigenvalue weighted by atomic mass is 16.7. The van der Waals surface area contributed by atoms with E-state index in [-0.39, 0.29) is 29.7 Å². The zero-order chi connectivity index (χ0) is 34.2. The average molecular weight is 668 g/mol. The van der Waals surface area contributed by atoms with E-state index < -0.39 is 74.6 Å². The van der Waals surface area contributed by atoms with Gasteiger partial charge in [0.15, 0.2) is 23.0 Å². The molecule has 4 rings (SSSR count). The molecule has 2 aliphatic heterocycles. The van der Waals surface area contributed by atoms with E-state index in [0.717, 1.165) is 5.56 Å². The van der Waals surface area contributed by atoms with E-state index in [1.807, 2.05) is 0 Å². The lowest BCUT2D eigenvalue weighted by molar-refractivity contribution is -0.277. The van der Waals surface area contributed by atoms with Crippen molar-refractivity contribution >= 4 is 12.0 Å². The first-order valence-electron chi connectivity index (χ1n) is 14.8. The molecule has 9 N–H and O–H groups in total. The number of benzene rings is 2. The van der Waals surface area contributed by atoms with Crippen LogP contribution in [0.1, 0.15) is 11.1 Å². The summed E-state index contributed by atoms with van der Waals surface area (Å²) in [7, 11) is 2.80. The lowest BCUT2D eigenvalue weighted by Crippen LogP contribution is -2.60. The molecule has 10 atom stereocenters. The molecule has 2 aromatic carbocycles. The number of carbonyl (C=O) groups excluding carboxylic acids is 1. The summed E-state index contributed by atoms with van der Waals surface area (Å²) in [5.74, 6) is 0.488. The topological polar surface area (TPSA) is 246 Å². The second-order valence-electron chi connectivity index (χ2n) is 10.9. The summed E-state index contributed by atoms with van der Waals surface area (Å²) in [6.45, 7) is -0.919. The monoisotopic (exact) mass is 667 g/mol. The largest absolute Gasteiger partial charge is 0.493 e. The molecule has 2 fully saturated rings. The normalized spacial score (nSPS) is 30.9. The number of rotatable bonds is 13. The molecular formula is C31H41NO15. The number of methoxy groups -OCH3 is 2. The van der Waals surface area contributed by atoms with Crippen LogP contribution in [-0.2, 0) is 20.7 Å². The summed E-state index contributed by atoms with van der Waals surface area (Å²) in [5.41, 5.74) is 1.37. The second kappa shape index (κ2) is 16.5. The molecule has 2 aliphatic rings. The Morgan fingerprint density at radius 3 is 1.74 bits per heavy atom. The molecule has 0 radical (unpaired) electrons. The van der Waals surface area contributed by atoms with Crippen molar-refractivity contribution in [3.05, 3.63) is 53.6 Å².